The predicted molar refractivity (Wildman–Crippen MR) is 120 cm³/mol. The number of allylic oxidation sites excluding steroid dienone is 1. The monoisotopic (exact) mass is 413 g/mol. The number of piperidine rings is 1. The van der Waals surface area contributed by atoms with Gasteiger partial charge in [0.2, 0.25) is 0 Å². The molecule has 3 nitrogen and oxygen atoms in total. The molecule has 1 unspecified atom stereocenters. The van der Waals surface area contributed by atoms with E-state index in [1.165, 1.54) is 44.9 Å². The van der Waals surface area contributed by atoms with Crippen molar-refractivity contribution < 1.29 is 9.84 Å². The highest BCUT2D eigenvalue weighted by atomic mass is 16.5. The number of nitrogens with one attached hydrogen (secondary N) is 1. The predicted octanol–water partition coefficient (Wildman–Crippen LogP) is 5.29. The van der Waals surface area contributed by atoms with E-state index in [9.17, 15) is 5.11 Å². The first-order valence-corrected chi connectivity index (χ1v) is 13.1. The minimum atomic E-state index is -0.100. The van der Waals surface area contributed by atoms with Gasteiger partial charge in [-0.2, -0.15) is 0 Å². The second kappa shape index (κ2) is 6.58. The Morgan fingerprint density at radius 3 is 2.67 bits per heavy atom. The zero-order valence-electron chi connectivity index (χ0n) is 19.6. The van der Waals surface area contributed by atoms with Crippen LogP contribution in [0.5, 0.6) is 0 Å². The highest BCUT2D eigenvalue weighted by Crippen LogP contribution is 2.70. The van der Waals surface area contributed by atoms with Gasteiger partial charge in [0.1, 0.15) is 5.72 Å². The Morgan fingerprint density at radius 2 is 1.90 bits per heavy atom. The first-order valence-electron chi connectivity index (χ1n) is 13.1. The Bertz CT molecular complexity index is 739. The quantitative estimate of drug-likeness (QED) is 0.530. The van der Waals surface area contributed by atoms with Gasteiger partial charge in [-0.15, -0.1) is 0 Å². The summed E-state index contributed by atoms with van der Waals surface area (Å²) in [6, 6.07) is 0. The summed E-state index contributed by atoms with van der Waals surface area (Å²) in [7, 11) is 0. The molecule has 5 fully saturated rings. The smallest absolute Gasteiger partial charge is 0.122 e. The van der Waals surface area contributed by atoms with Crippen molar-refractivity contribution in [3.05, 3.63) is 11.6 Å². The van der Waals surface area contributed by atoms with Crippen molar-refractivity contribution in [2.45, 2.75) is 103 Å². The van der Waals surface area contributed by atoms with E-state index < -0.39 is 0 Å². The molecule has 2 N–H and O–H groups in total. The maximum atomic E-state index is 10.3. The zero-order chi connectivity index (χ0) is 20.9. The van der Waals surface area contributed by atoms with Gasteiger partial charge in [0.05, 0.1) is 12.2 Å². The van der Waals surface area contributed by atoms with Crippen molar-refractivity contribution in [3.8, 4) is 0 Å². The molecule has 2 heterocycles. The number of aliphatic hydroxyl groups excluding tert-OH is 1. The zero-order valence-corrected chi connectivity index (χ0v) is 19.6. The molecular formula is C27H43NO2. The molecule has 0 aromatic carbocycles. The molecule has 2 aliphatic heterocycles. The van der Waals surface area contributed by atoms with Crippen LogP contribution < -0.4 is 5.32 Å². The van der Waals surface area contributed by atoms with Crippen LogP contribution in [0.3, 0.4) is 0 Å². The minimum Gasteiger partial charge on any atom is -0.393 e. The van der Waals surface area contributed by atoms with Crippen molar-refractivity contribution in [2.75, 3.05) is 6.54 Å². The van der Waals surface area contributed by atoms with Gasteiger partial charge >= 0.3 is 0 Å². The summed E-state index contributed by atoms with van der Waals surface area (Å²) in [5, 5.41) is 14.1. The number of hydrogen-bond donors (Lipinski definition) is 2. The number of hydrogen-bond acceptors (Lipinski definition) is 3. The van der Waals surface area contributed by atoms with Gasteiger partial charge in [0.25, 0.3) is 0 Å². The second-order valence-electron chi connectivity index (χ2n) is 12.8. The van der Waals surface area contributed by atoms with Gasteiger partial charge in [-0.25, -0.2) is 0 Å². The summed E-state index contributed by atoms with van der Waals surface area (Å²) in [4.78, 5) is 0. The number of rotatable bonds is 0. The first-order chi connectivity index (χ1) is 14.3. The molecule has 6 aliphatic rings. The molecule has 1 spiro atoms. The van der Waals surface area contributed by atoms with Crippen LogP contribution >= 0.6 is 0 Å². The highest BCUT2D eigenvalue weighted by Gasteiger charge is 2.68. The van der Waals surface area contributed by atoms with E-state index in [1.54, 1.807) is 5.57 Å². The minimum absolute atomic E-state index is 0.0439. The third-order valence-corrected chi connectivity index (χ3v) is 11.6. The van der Waals surface area contributed by atoms with Crippen LogP contribution in [-0.2, 0) is 4.74 Å². The lowest BCUT2D eigenvalue weighted by Crippen LogP contribution is -2.57. The van der Waals surface area contributed by atoms with Gasteiger partial charge in [0, 0.05) is 12.5 Å². The van der Waals surface area contributed by atoms with E-state index in [4.69, 9.17) is 4.74 Å². The van der Waals surface area contributed by atoms with Crippen LogP contribution in [0.15, 0.2) is 11.6 Å². The van der Waals surface area contributed by atoms with Crippen LogP contribution in [0.25, 0.3) is 0 Å². The number of ether oxygens (including phenoxy) is 1. The molecule has 0 aromatic rings. The van der Waals surface area contributed by atoms with Crippen LogP contribution in [0.4, 0.5) is 0 Å². The molecule has 0 radical (unpaired) electrons. The van der Waals surface area contributed by atoms with Gasteiger partial charge in [-0.1, -0.05) is 39.3 Å². The van der Waals surface area contributed by atoms with E-state index in [1.807, 2.05) is 0 Å². The van der Waals surface area contributed by atoms with Crippen molar-refractivity contribution in [1.82, 2.24) is 5.32 Å². The van der Waals surface area contributed by atoms with Crippen molar-refractivity contribution in [2.24, 2.45) is 46.3 Å². The largest absolute Gasteiger partial charge is 0.393 e. The van der Waals surface area contributed by atoms with Crippen LogP contribution in [0.1, 0.15) is 85.5 Å². The van der Waals surface area contributed by atoms with Crippen molar-refractivity contribution >= 4 is 0 Å². The molecule has 3 saturated carbocycles. The molecule has 168 valence electrons. The van der Waals surface area contributed by atoms with Crippen molar-refractivity contribution in [3.63, 3.8) is 0 Å². The van der Waals surface area contributed by atoms with Crippen LogP contribution in [-0.4, -0.2) is 29.6 Å². The normalized spacial score (nSPS) is 59.8. The van der Waals surface area contributed by atoms with Gasteiger partial charge in [0.15, 0.2) is 0 Å². The summed E-state index contributed by atoms with van der Waals surface area (Å²) >= 11 is 0. The van der Waals surface area contributed by atoms with Gasteiger partial charge < -0.3 is 9.84 Å². The van der Waals surface area contributed by atoms with E-state index >= 15 is 0 Å². The summed E-state index contributed by atoms with van der Waals surface area (Å²) in [5.41, 5.74) is 2.33. The van der Waals surface area contributed by atoms with Crippen LogP contribution in [0, 0.1) is 46.3 Å². The Labute approximate surface area is 183 Å². The van der Waals surface area contributed by atoms with E-state index in [0.717, 1.165) is 49.0 Å². The SMILES string of the molecule is CC1CC[C@]2(NC1)O[C@H]1C[C@H]3[C@@H]4CC=C5C[C@@H](O)CC[C@]5(C)[C@H]4CC[C@]3(C)[C@H]1[C@@H]2C. The van der Waals surface area contributed by atoms with E-state index in [2.05, 4.69) is 39.1 Å². The third kappa shape index (κ3) is 2.55. The molecule has 2 saturated heterocycles. The molecule has 6 rings (SSSR count). The van der Waals surface area contributed by atoms with Crippen LogP contribution in [0.2, 0.25) is 0 Å². The molecule has 0 amide bonds. The first kappa shape index (κ1) is 20.2. The average Bonchev–Trinajstić information content (AvgIpc) is 3.16. The maximum absolute atomic E-state index is 10.3. The fourth-order valence-electron chi connectivity index (χ4n) is 9.84. The summed E-state index contributed by atoms with van der Waals surface area (Å²) in [6.07, 6.45) is 13.8. The standard InChI is InChI=1S/C27H43NO2/c1-16-7-12-27(28-15-16)17(2)24-23(30-27)14-22-20-6-5-18-13-19(29)8-10-25(18,3)21(20)9-11-26(22,24)4/h5,16-17,19-24,28-29H,6-15H2,1-4H3/t16?,17-,19-,20+,21-,22-,23-,24-,25-,26-,27-/m0/s1. The fraction of sp³-hybridized carbons (Fsp3) is 0.926. The topological polar surface area (TPSA) is 41.5 Å². The second-order valence-corrected chi connectivity index (χ2v) is 12.8. The van der Waals surface area contributed by atoms with Crippen molar-refractivity contribution in [1.29, 1.82) is 0 Å². The Kier molecular flexibility index (Phi) is 4.44. The molecule has 11 atom stereocenters. The molecular weight excluding hydrogens is 370 g/mol. The summed E-state index contributed by atoms with van der Waals surface area (Å²) in [6.45, 7) is 11.2. The maximum Gasteiger partial charge on any atom is 0.122 e. The Balaban J connectivity index is 1.28. The summed E-state index contributed by atoms with van der Waals surface area (Å²) < 4.78 is 7.00. The molecule has 4 aliphatic carbocycles. The molecule has 0 bridgehead atoms. The number of aliphatic hydroxyl groups is 1. The molecule has 3 heteroatoms. The molecule has 30 heavy (non-hydrogen) atoms. The Morgan fingerprint density at radius 1 is 1.07 bits per heavy atom. The Hall–Kier alpha value is -0.380. The lowest BCUT2D eigenvalue weighted by Gasteiger charge is -2.58. The third-order valence-electron chi connectivity index (χ3n) is 11.6. The van der Waals surface area contributed by atoms with E-state index in [0.29, 0.717) is 22.9 Å². The lowest BCUT2D eigenvalue weighted by atomic mass is 9.47. The summed E-state index contributed by atoms with van der Waals surface area (Å²) in [5.74, 6) is 4.58. The molecule has 0 aromatic heterocycles. The lowest BCUT2D eigenvalue weighted by molar-refractivity contribution is -0.115. The fourth-order valence-corrected chi connectivity index (χ4v) is 9.84. The number of fused-ring (bicyclic) bond motifs is 7. The average molecular weight is 414 g/mol. The highest BCUT2D eigenvalue weighted by molar-refractivity contribution is 5.26. The van der Waals surface area contributed by atoms with E-state index in [-0.39, 0.29) is 11.8 Å². The van der Waals surface area contributed by atoms with Gasteiger partial charge in [-0.3, -0.25) is 5.32 Å². The van der Waals surface area contributed by atoms with Gasteiger partial charge in [-0.05, 0) is 98.2 Å².